The van der Waals surface area contributed by atoms with Crippen LogP contribution in [-0.2, 0) is 32.2 Å². The van der Waals surface area contributed by atoms with Crippen LogP contribution >= 0.6 is 0 Å². The predicted octanol–water partition coefficient (Wildman–Crippen LogP) is 6.45. The average Bonchev–Trinajstić information content (AvgIpc) is 3.09. The van der Waals surface area contributed by atoms with Gasteiger partial charge in [-0.3, -0.25) is 4.79 Å². The molecule has 0 aromatic heterocycles. The SMILES string of the molecule is COCCCC(=O)CNc1cc(C)ccc1COC1CN(C(=O)O)CCC1c1ccc(OCCCOCc2ccccc2OC)cc1. The summed E-state index contributed by atoms with van der Waals surface area (Å²) in [5.41, 5.74) is 4.93. The van der Waals surface area contributed by atoms with E-state index in [1.807, 2.05) is 73.7 Å². The number of aryl methyl sites for hydroxylation is 1. The van der Waals surface area contributed by atoms with Crippen LogP contribution in [0.15, 0.2) is 66.7 Å². The lowest BCUT2D eigenvalue weighted by Crippen LogP contribution is -2.46. The number of piperidine rings is 1. The van der Waals surface area contributed by atoms with Crippen molar-refractivity contribution in [2.45, 2.75) is 57.8 Å². The second-order valence-corrected chi connectivity index (χ2v) is 11.8. The van der Waals surface area contributed by atoms with Gasteiger partial charge in [0.25, 0.3) is 0 Å². The number of carbonyl (C=O) groups is 2. The minimum absolute atomic E-state index is 0.0206. The van der Waals surface area contributed by atoms with E-state index < -0.39 is 6.09 Å². The normalized spacial score (nSPS) is 16.1. The Kier molecular flexibility index (Phi) is 14.4. The average molecular weight is 649 g/mol. The third kappa shape index (κ3) is 11.3. The number of para-hydroxylation sites is 1. The van der Waals surface area contributed by atoms with Crippen molar-refractivity contribution in [1.29, 1.82) is 0 Å². The van der Waals surface area contributed by atoms with E-state index >= 15 is 0 Å². The summed E-state index contributed by atoms with van der Waals surface area (Å²) in [5.74, 6) is 1.72. The summed E-state index contributed by atoms with van der Waals surface area (Å²) in [5, 5.41) is 13.0. The molecule has 0 radical (unpaired) electrons. The first-order valence-electron chi connectivity index (χ1n) is 16.2. The van der Waals surface area contributed by atoms with Gasteiger partial charge in [-0.2, -0.15) is 0 Å². The number of Topliss-reactive ketones (excluding diaryl/α,β-unsaturated/α-hetero) is 1. The molecule has 1 aliphatic rings. The van der Waals surface area contributed by atoms with Crippen molar-refractivity contribution in [3.05, 3.63) is 89.0 Å². The molecule has 254 valence electrons. The molecule has 2 unspecified atom stereocenters. The zero-order valence-electron chi connectivity index (χ0n) is 27.7. The summed E-state index contributed by atoms with van der Waals surface area (Å²) in [6, 6.07) is 21.8. The standard InChI is InChI=1S/C37H48N2O8/c1-27-11-12-29(34(22-27)38-23-31(40)9-6-19-43-2)26-47-36-24-39(37(41)42)18-17-33(36)28-13-15-32(16-14-28)46-21-7-20-45-25-30-8-4-5-10-35(30)44-3/h4-5,8,10-16,22,33,36,38H,6-7,9,17-21,23-26H2,1-3H3,(H,41,42). The summed E-state index contributed by atoms with van der Waals surface area (Å²) in [6.45, 7) is 5.37. The van der Waals surface area contributed by atoms with Gasteiger partial charge in [-0.25, -0.2) is 4.79 Å². The summed E-state index contributed by atoms with van der Waals surface area (Å²) in [7, 11) is 3.28. The minimum Gasteiger partial charge on any atom is -0.496 e. The number of anilines is 1. The number of likely N-dealkylation sites (tertiary alicyclic amines) is 1. The van der Waals surface area contributed by atoms with Crippen LogP contribution in [0.1, 0.15) is 53.9 Å². The van der Waals surface area contributed by atoms with E-state index in [9.17, 15) is 14.7 Å². The Balaban J connectivity index is 1.31. The Labute approximate surface area is 277 Å². The van der Waals surface area contributed by atoms with Crippen LogP contribution in [0.5, 0.6) is 11.5 Å². The van der Waals surface area contributed by atoms with Crippen LogP contribution < -0.4 is 14.8 Å². The highest BCUT2D eigenvalue weighted by atomic mass is 16.5. The van der Waals surface area contributed by atoms with E-state index in [4.69, 9.17) is 23.7 Å². The number of amides is 1. The number of ketones is 1. The van der Waals surface area contributed by atoms with E-state index in [2.05, 4.69) is 5.32 Å². The Morgan fingerprint density at radius 2 is 1.74 bits per heavy atom. The lowest BCUT2D eigenvalue weighted by molar-refractivity contribution is -0.117. The van der Waals surface area contributed by atoms with Gasteiger partial charge < -0.3 is 39.0 Å². The van der Waals surface area contributed by atoms with Crippen LogP contribution in [0.25, 0.3) is 0 Å². The number of nitrogens with one attached hydrogen (secondary N) is 1. The molecule has 4 rings (SSSR count). The molecule has 0 spiro atoms. The van der Waals surface area contributed by atoms with Crippen molar-refractivity contribution >= 4 is 17.6 Å². The highest BCUT2D eigenvalue weighted by molar-refractivity contribution is 5.83. The van der Waals surface area contributed by atoms with E-state index in [-0.39, 0.29) is 37.5 Å². The summed E-state index contributed by atoms with van der Waals surface area (Å²) < 4.78 is 28.6. The molecule has 0 aliphatic carbocycles. The molecule has 1 aliphatic heterocycles. The van der Waals surface area contributed by atoms with Crippen molar-refractivity contribution in [2.24, 2.45) is 0 Å². The van der Waals surface area contributed by atoms with Gasteiger partial charge in [0.15, 0.2) is 5.78 Å². The van der Waals surface area contributed by atoms with E-state index in [0.717, 1.165) is 45.9 Å². The number of hydrogen-bond acceptors (Lipinski definition) is 8. The molecule has 0 saturated carbocycles. The van der Waals surface area contributed by atoms with Crippen molar-refractivity contribution in [1.82, 2.24) is 4.90 Å². The van der Waals surface area contributed by atoms with Crippen LogP contribution in [-0.4, -0.2) is 81.7 Å². The Morgan fingerprint density at radius 3 is 2.51 bits per heavy atom. The van der Waals surface area contributed by atoms with Gasteiger partial charge >= 0.3 is 6.09 Å². The molecule has 2 N–H and O–H groups in total. The zero-order chi connectivity index (χ0) is 33.4. The third-order valence-corrected chi connectivity index (χ3v) is 8.29. The van der Waals surface area contributed by atoms with Gasteiger partial charge in [0.1, 0.15) is 11.5 Å². The van der Waals surface area contributed by atoms with E-state index in [1.165, 1.54) is 4.90 Å². The fourth-order valence-corrected chi connectivity index (χ4v) is 5.68. The van der Waals surface area contributed by atoms with Gasteiger partial charge in [0.05, 0.1) is 52.7 Å². The molecule has 1 fully saturated rings. The van der Waals surface area contributed by atoms with E-state index in [0.29, 0.717) is 52.2 Å². The maximum absolute atomic E-state index is 12.4. The summed E-state index contributed by atoms with van der Waals surface area (Å²) in [6.07, 6.45) is 1.26. The molecule has 47 heavy (non-hydrogen) atoms. The molecular weight excluding hydrogens is 600 g/mol. The first-order valence-corrected chi connectivity index (χ1v) is 16.2. The van der Waals surface area contributed by atoms with Gasteiger partial charge in [0, 0.05) is 55.8 Å². The molecule has 1 amide bonds. The monoisotopic (exact) mass is 648 g/mol. The minimum atomic E-state index is -0.947. The predicted molar refractivity (Wildman–Crippen MR) is 181 cm³/mol. The second kappa shape index (κ2) is 18.9. The largest absolute Gasteiger partial charge is 0.496 e. The fraction of sp³-hybridized carbons (Fsp3) is 0.459. The van der Waals surface area contributed by atoms with Crippen molar-refractivity contribution in [3.63, 3.8) is 0 Å². The number of methoxy groups -OCH3 is 2. The van der Waals surface area contributed by atoms with Gasteiger partial charge in [-0.15, -0.1) is 0 Å². The van der Waals surface area contributed by atoms with Crippen LogP contribution in [0.4, 0.5) is 10.5 Å². The first-order chi connectivity index (χ1) is 22.9. The lowest BCUT2D eigenvalue weighted by atomic mass is 9.87. The number of nitrogens with zero attached hydrogens (tertiary/aromatic N) is 1. The molecule has 0 bridgehead atoms. The van der Waals surface area contributed by atoms with Crippen molar-refractivity contribution < 1.29 is 38.4 Å². The quantitative estimate of drug-likeness (QED) is 0.142. The molecule has 3 aromatic rings. The lowest BCUT2D eigenvalue weighted by Gasteiger charge is -2.37. The number of ether oxygens (including phenoxy) is 5. The molecule has 1 saturated heterocycles. The number of carbonyl (C=O) groups excluding carboxylic acids is 1. The zero-order valence-corrected chi connectivity index (χ0v) is 27.7. The third-order valence-electron chi connectivity index (χ3n) is 8.29. The first kappa shape index (κ1) is 35.7. The number of rotatable bonds is 19. The Bertz CT molecular complexity index is 1410. The van der Waals surface area contributed by atoms with Crippen LogP contribution in [0.3, 0.4) is 0 Å². The Hall–Kier alpha value is -4.12. The summed E-state index contributed by atoms with van der Waals surface area (Å²) in [4.78, 5) is 25.6. The van der Waals surface area contributed by atoms with Crippen molar-refractivity contribution in [2.75, 3.05) is 59.0 Å². The number of benzene rings is 3. The maximum Gasteiger partial charge on any atom is 0.407 e. The molecule has 1 heterocycles. The van der Waals surface area contributed by atoms with Crippen LogP contribution in [0.2, 0.25) is 0 Å². The van der Waals surface area contributed by atoms with Gasteiger partial charge in [0.2, 0.25) is 0 Å². The Morgan fingerprint density at radius 1 is 0.936 bits per heavy atom. The van der Waals surface area contributed by atoms with Crippen molar-refractivity contribution in [3.8, 4) is 11.5 Å². The molecule has 10 heteroatoms. The second-order valence-electron chi connectivity index (χ2n) is 11.8. The molecule has 2 atom stereocenters. The number of carboxylic acid groups (broad SMARTS) is 1. The number of hydrogen-bond donors (Lipinski definition) is 2. The maximum atomic E-state index is 12.4. The van der Waals surface area contributed by atoms with Gasteiger partial charge in [-0.05, 0) is 55.2 Å². The van der Waals surface area contributed by atoms with Crippen LogP contribution in [0, 0.1) is 6.92 Å². The molecule has 10 nitrogen and oxygen atoms in total. The smallest absolute Gasteiger partial charge is 0.407 e. The van der Waals surface area contributed by atoms with Gasteiger partial charge in [-0.1, -0.05) is 42.5 Å². The topological polar surface area (TPSA) is 116 Å². The fourth-order valence-electron chi connectivity index (χ4n) is 5.68. The van der Waals surface area contributed by atoms with E-state index in [1.54, 1.807) is 14.2 Å². The molecular formula is C37H48N2O8. The molecule has 3 aromatic carbocycles. The summed E-state index contributed by atoms with van der Waals surface area (Å²) >= 11 is 0. The highest BCUT2D eigenvalue weighted by Crippen LogP contribution is 2.33. The highest BCUT2D eigenvalue weighted by Gasteiger charge is 2.33.